The third-order valence-corrected chi connectivity index (χ3v) is 6.55. The lowest BCUT2D eigenvalue weighted by atomic mass is 9.97. The fourth-order valence-corrected chi connectivity index (χ4v) is 4.45. The maximum atomic E-state index is 12.7. The lowest BCUT2D eigenvalue weighted by Crippen LogP contribution is -2.11. The van der Waals surface area contributed by atoms with Crippen LogP contribution < -0.4 is 0 Å². The molecule has 2 heterocycles. The first-order valence-electron chi connectivity index (χ1n) is 11.0. The van der Waals surface area contributed by atoms with E-state index >= 15 is 0 Å². The molecule has 8 heteroatoms. The number of aliphatic hydroxyl groups excluding tert-OH is 1. The van der Waals surface area contributed by atoms with E-state index in [1.54, 1.807) is 18.3 Å². The first-order chi connectivity index (χ1) is 16.1. The van der Waals surface area contributed by atoms with Crippen LogP contribution in [0, 0.1) is 6.92 Å². The minimum atomic E-state index is -4.24. The van der Waals surface area contributed by atoms with Gasteiger partial charge in [0.1, 0.15) is 11.9 Å². The van der Waals surface area contributed by atoms with Crippen LogP contribution in [0.1, 0.15) is 52.5 Å². The molecule has 0 saturated heterocycles. The topological polar surface area (TPSA) is 50.9 Å². The highest BCUT2D eigenvalue weighted by Gasteiger charge is 2.27. The van der Waals surface area contributed by atoms with Crippen molar-refractivity contribution in [3.05, 3.63) is 93.2 Å². The molecule has 0 aliphatic heterocycles. The highest BCUT2D eigenvalue weighted by molar-refractivity contribution is 6.36. The Bertz CT molecular complexity index is 1330. The molecule has 0 aliphatic carbocycles. The van der Waals surface area contributed by atoms with E-state index in [9.17, 15) is 18.3 Å². The fraction of sp³-hybridized carbons (Fsp3) is 0.308. The van der Waals surface area contributed by atoms with Crippen molar-refractivity contribution >= 4 is 22.5 Å². The van der Waals surface area contributed by atoms with E-state index in [1.807, 2.05) is 43.7 Å². The van der Waals surface area contributed by atoms with Crippen molar-refractivity contribution in [1.82, 2.24) is 14.5 Å². The molecule has 0 spiro atoms. The zero-order valence-electron chi connectivity index (χ0n) is 19.1. The summed E-state index contributed by atoms with van der Waals surface area (Å²) in [5.74, 6) is 0.797. The van der Waals surface area contributed by atoms with E-state index in [0.717, 1.165) is 33.5 Å². The number of pyridine rings is 1. The monoisotopic (exact) mass is 487 g/mol. The maximum Gasteiger partial charge on any atom is 0.393 e. The molecule has 0 amide bonds. The summed E-state index contributed by atoms with van der Waals surface area (Å²) < 4.78 is 39.8. The van der Waals surface area contributed by atoms with E-state index in [1.165, 1.54) is 12.1 Å². The summed E-state index contributed by atoms with van der Waals surface area (Å²) in [4.78, 5) is 9.03. The summed E-state index contributed by atoms with van der Waals surface area (Å²) in [6.45, 7) is 3.86. The zero-order valence-corrected chi connectivity index (χ0v) is 19.9. The molecule has 1 N–H and O–H groups in total. The third-order valence-electron chi connectivity index (χ3n) is 6.12. The number of halogens is 4. The number of hydrogen-bond acceptors (Lipinski definition) is 3. The Kier molecular flexibility index (Phi) is 6.69. The summed E-state index contributed by atoms with van der Waals surface area (Å²) in [6.07, 6.45) is -3.30. The summed E-state index contributed by atoms with van der Waals surface area (Å²) in [7, 11) is 1.85. The van der Waals surface area contributed by atoms with Crippen molar-refractivity contribution in [1.29, 1.82) is 0 Å². The van der Waals surface area contributed by atoms with Gasteiger partial charge in [-0.05, 0) is 47.7 Å². The van der Waals surface area contributed by atoms with E-state index in [2.05, 4.69) is 4.98 Å². The van der Waals surface area contributed by atoms with Crippen LogP contribution in [0.25, 0.3) is 10.9 Å². The van der Waals surface area contributed by atoms with Crippen LogP contribution in [0.2, 0.25) is 5.02 Å². The number of imidazole rings is 1. The quantitative estimate of drug-likeness (QED) is 0.349. The molecule has 0 fully saturated rings. The number of aromatic nitrogens is 3. The van der Waals surface area contributed by atoms with Gasteiger partial charge in [0.05, 0.1) is 28.9 Å². The second-order valence-corrected chi connectivity index (χ2v) is 8.84. The Hall–Kier alpha value is -2.90. The van der Waals surface area contributed by atoms with Crippen molar-refractivity contribution in [2.24, 2.45) is 7.05 Å². The number of aryl methyl sites for hydroxylation is 2. The average molecular weight is 488 g/mol. The Balaban J connectivity index is 1.70. The smallest absolute Gasteiger partial charge is 0.382 e. The van der Waals surface area contributed by atoms with E-state index < -0.39 is 18.7 Å². The standard InChI is InChI=1S/C26H25ClF3N3O/c1-4-21-19(11-16-5-7-17(8-6-16)13-26(28,29)30)24(27)20-12-18(9-10-22(20)32-21)25(34)23-14-31-15(2)33(23)3/h5-10,12,14,25,34H,4,11,13H2,1-3H3. The van der Waals surface area contributed by atoms with Gasteiger partial charge < -0.3 is 9.67 Å². The van der Waals surface area contributed by atoms with E-state index in [-0.39, 0.29) is 5.56 Å². The van der Waals surface area contributed by atoms with Crippen molar-refractivity contribution in [3.63, 3.8) is 0 Å². The van der Waals surface area contributed by atoms with Gasteiger partial charge in [-0.15, -0.1) is 0 Å². The van der Waals surface area contributed by atoms with Crippen molar-refractivity contribution in [2.45, 2.75) is 45.4 Å². The van der Waals surface area contributed by atoms with E-state index in [4.69, 9.17) is 16.6 Å². The van der Waals surface area contributed by atoms with Gasteiger partial charge in [-0.3, -0.25) is 4.98 Å². The van der Waals surface area contributed by atoms with Gasteiger partial charge in [-0.1, -0.05) is 48.9 Å². The second kappa shape index (κ2) is 9.39. The lowest BCUT2D eigenvalue weighted by Gasteiger charge is -2.16. The second-order valence-electron chi connectivity index (χ2n) is 8.46. The minimum absolute atomic E-state index is 0.221. The van der Waals surface area contributed by atoms with Gasteiger partial charge in [0.25, 0.3) is 0 Å². The van der Waals surface area contributed by atoms with Crippen LogP contribution in [0.4, 0.5) is 13.2 Å². The number of hydrogen-bond donors (Lipinski definition) is 1. The molecule has 4 nitrogen and oxygen atoms in total. The summed E-state index contributed by atoms with van der Waals surface area (Å²) in [5, 5.41) is 12.2. The summed E-state index contributed by atoms with van der Waals surface area (Å²) in [6, 6.07) is 11.9. The Labute approximate surface area is 201 Å². The molecular weight excluding hydrogens is 463 g/mol. The van der Waals surface area contributed by atoms with Gasteiger partial charge in [-0.2, -0.15) is 13.2 Å². The van der Waals surface area contributed by atoms with Crippen molar-refractivity contribution in [3.8, 4) is 0 Å². The van der Waals surface area contributed by atoms with Crippen molar-refractivity contribution < 1.29 is 18.3 Å². The molecule has 2 aromatic carbocycles. The molecule has 4 rings (SSSR count). The average Bonchev–Trinajstić information content (AvgIpc) is 3.13. The fourth-order valence-electron chi connectivity index (χ4n) is 4.13. The molecule has 0 saturated carbocycles. The Morgan fingerprint density at radius 2 is 1.76 bits per heavy atom. The normalized spacial score (nSPS) is 12.9. The molecule has 0 bridgehead atoms. The molecule has 0 aliphatic rings. The first kappa shape index (κ1) is 24.2. The molecular formula is C26H25ClF3N3O. The number of alkyl halides is 3. The molecule has 4 aromatic rings. The molecule has 1 unspecified atom stereocenters. The molecule has 34 heavy (non-hydrogen) atoms. The van der Waals surface area contributed by atoms with Crippen LogP contribution in [-0.2, 0) is 26.3 Å². The molecule has 0 radical (unpaired) electrons. The van der Waals surface area contributed by atoms with Gasteiger partial charge in [-0.25, -0.2) is 4.98 Å². The number of fused-ring (bicyclic) bond motifs is 1. The van der Waals surface area contributed by atoms with Crippen LogP contribution in [0.3, 0.4) is 0 Å². The van der Waals surface area contributed by atoms with Gasteiger partial charge in [0, 0.05) is 24.5 Å². The Morgan fingerprint density at radius 3 is 2.35 bits per heavy atom. The largest absolute Gasteiger partial charge is 0.393 e. The van der Waals surface area contributed by atoms with E-state index in [0.29, 0.717) is 29.1 Å². The summed E-state index contributed by atoms with van der Waals surface area (Å²) in [5.41, 5.74) is 4.82. The number of nitrogens with zero attached hydrogens (tertiary/aromatic N) is 3. The van der Waals surface area contributed by atoms with Crippen LogP contribution in [0.15, 0.2) is 48.7 Å². The SMILES string of the molecule is CCc1nc2ccc(C(O)c3cnc(C)n3C)cc2c(Cl)c1Cc1ccc(CC(F)(F)F)cc1. The first-order valence-corrected chi connectivity index (χ1v) is 11.4. The molecule has 2 aromatic heterocycles. The zero-order chi connectivity index (χ0) is 24.6. The van der Waals surface area contributed by atoms with Crippen LogP contribution in [-0.4, -0.2) is 25.8 Å². The highest BCUT2D eigenvalue weighted by atomic mass is 35.5. The van der Waals surface area contributed by atoms with Crippen LogP contribution >= 0.6 is 11.6 Å². The number of rotatable bonds is 6. The number of benzene rings is 2. The van der Waals surface area contributed by atoms with Crippen molar-refractivity contribution in [2.75, 3.05) is 0 Å². The summed E-state index contributed by atoms with van der Waals surface area (Å²) >= 11 is 6.86. The number of aliphatic hydroxyl groups is 1. The third kappa shape index (κ3) is 4.95. The Morgan fingerprint density at radius 1 is 1.09 bits per heavy atom. The predicted molar refractivity (Wildman–Crippen MR) is 127 cm³/mol. The predicted octanol–water partition coefficient (Wildman–Crippen LogP) is 6.27. The molecule has 1 atom stereocenters. The van der Waals surface area contributed by atoms with Gasteiger partial charge in [0.15, 0.2) is 0 Å². The minimum Gasteiger partial charge on any atom is -0.382 e. The lowest BCUT2D eigenvalue weighted by molar-refractivity contribution is -0.127. The molecule has 178 valence electrons. The highest BCUT2D eigenvalue weighted by Crippen LogP contribution is 2.34. The maximum absolute atomic E-state index is 12.7. The van der Waals surface area contributed by atoms with Crippen LogP contribution in [0.5, 0.6) is 0 Å². The van der Waals surface area contributed by atoms with Gasteiger partial charge in [0.2, 0.25) is 0 Å². The van der Waals surface area contributed by atoms with Gasteiger partial charge >= 0.3 is 6.18 Å².